The van der Waals surface area contributed by atoms with Gasteiger partial charge >= 0.3 is 0 Å². The summed E-state index contributed by atoms with van der Waals surface area (Å²) in [6.45, 7) is 5.15. The molecule has 0 radical (unpaired) electrons. The molecule has 3 heteroatoms. The van der Waals surface area contributed by atoms with Crippen LogP contribution in [0, 0.1) is 5.92 Å². The van der Waals surface area contributed by atoms with Crippen molar-refractivity contribution in [1.82, 2.24) is 9.78 Å². The number of aliphatic hydroxyl groups is 1. The van der Waals surface area contributed by atoms with Gasteiger partial charge in [0.25, 0.3) is 0 Å². The molecule has 0 aromatic carbocycles. The second-order valence-electron chi connectivity index (χ2n) is 4.62. The number of hydrogen-bond acceptors (Lipinski definition) is 2. The molecule has 1 N–H and O–H groups in total. The molecular weight excluding hydrogens is 176 g/mol. The van der Waals surface area contributed by atoms with Crippen LogP contribution in [0.1, 0.15) is 32.3 Å². The molecule has 0 amide bonds. The topological polar surface area (TPSA) is 38.0 Å². The third-order valence-electron chi connectivity index (χ3n) is 3.00. The lowest BCUT2D eigenvalue weighted by Gasteiger charge is -2.42. The summed E-state index contributed by atoms with van der Waals surface area (Å²) < 4.78 is 1.90. The van der Waals surface area contributed by atoms with E-state index in [0.29, 0.717) is 5.92 Å². The van der Waals surface area contributed by atoms with E-state index in [-0.39, 0.29) is 0 Å². The highest BCUT2D eigenvalue weighted by molar-refractivity contribution is 5.11. The molecule has 2 rings (SSSR count). The van der Waals surface area contributed by atoms with E-state index in [4.69, 9.17) is 0 Å². The van der Waals surface area contributed by atoms with Gasteiger partial charge in [0.15, 0.2) is 0 Å². The van der Waals surface area contributed by atoms with Gasteiger partial charge in [-0.15, -0.1) is 0 Å². The van der Waals surface area contributed by atoms with E-state index in [0.717, 1.165) is 31.4 Å². The first-order valence-electron chi connectivity index (χ1n) is 5.35. The molecule has 1 aliphatic carbocycles. The SMILES string of the molecule is CCn1cc(CC2(O)CC(C)C2)cn1. The Hall–Kier alpha value is -0.830. The van der Waals surface area contributed by atoms with E-state index in [2.05, 4.69) is 18.9 Å². The lowest BCUT2D eigenvalue weighted by atomic mass is 9.69. The Kier molecular flexibility index (Phi) is 2.35. The van der Waals surface area contributed by atoms with E-state index >= 15 is 0 Å². The fourth-order valence-electron chi connectivity index (χ4n) is 2.43. The lowest BCUT2D eigenvalue weighted by molar-refractivity contribution is -0.0665. The first-order chi connectivity index (χ1) is 6.61. The van der Waals surface area contributed by atoms with Crippen LogP contribution in [0.15, 0.2) is 12.4 Å². The summed E-state index contributed by atoms with van der Waals surface area (Å²) in [5.74, 6) is 0.682. The maximum absolute atomic E-state index is 10.1. The van der Waals surface area contributed by atoms with Gasteiger partial charge in [-0.2, -0.15) is 5.10 Å². The predicted molar refractivity (Wildman–Crippen MR) is 55.0 cm³/mol. The molecule has 1 heterocycles. The molecule has 0 unspecified atom stereocenters. The van der Waals surface area contributed by atoms with Crippen LogP contribution in [-0.4, -0.2) is 20.5 Å². The van der Waals surface area contributed by atoms with Crippen molar-refractivity contribution < 1.29 is 5.11 Å². The molecule has 78 valence electrons. The summed E-state index contributed by atoms with van der Waals surface area (Å²) in [6, 6.07) is 0. The van der Waals surface area contributed by atoms with Crippen LogP contribution in [-0.2, 0) is 13.0 Å². The van der Waals surface area contributed by atoms with Crippen LogP contribution in [0.2, 0.25) is 0 Å². The summed E-state index contributed by atoms with van der Waals surface area (Å²) >= 11 is 0. The van der Waals surface area contributed by atoms with Crippen molar-refractivity contribution in [2.75, 3.05) is 0 Å². The maximum Gasteiger partial charge on any atom is 0.0694 e. The minimum atomic E-state index is -0.443. The second kappa shape index (κ2) is 3.39. The molecule has 0 aliphatic heterocycles. The van der Waals surface area contributed by atoms with Gasteiger partial charge in [0.1, 0.15) is 0 Å². The van der Waals surface area contributed by atoms with Crippen LogP contribution in [0.4, 0.5) is 0 Å². The van der Waals surface area contributed by atoms with Crippen LogP contribution in [0.3, 0.4) is 0 Å². The summed E-state index contributed by atoms with van der Waals surface area (Å²) in [5.41, 5.74) is 0.711. The van der Waals surface area contributed by atoms with Crippen LogP contribution < -0.4 is 0 Å². The quantitative estimate of drug-likeness (QED) is 0.793. The normalized spacial score (nSPS) is 31.5. The highest BCUT2D eigenvalue weighted by Gasteiger charge is 2.40. The molecule has 1 aromatic rings. The lowest BCUT2D eigenvalue weighted by Crippen LogP contribution is -2.44. The smallest absolute Gasteiger partial charge is 0.0694 e. The van der Waals surface area contributed by atoms with E-state index in [1.165, 1.54) is 0 Å². The van der Waals surface area contributed by atoms with Crippen molar-refractivity contribution >= 4 is 0 Å². The predicted octanol–water partition coefficient (Wildman–Crippen LogP) is 1.61. The van der Waals surface area contributed by atoms with Crippen LogP contribution in [0.5, 0.6) is 0 Å². The fraction of sp³-hybridized carbons (Fsp3) is 0.727. The Morgan fingerprint density at radius 1 is 1.64 bits per heavy atom. The summed E-state index contributed by atoms with van der Waals surface area (Å²) in [4.78, 5) is 0. The zero-order chi connectivity index (χ0) is 10.2. The van der Waals surface area contributed by atoms with E-state index in [1.807, 2.05) is 17.1 Å². The Labute approximate surface area is 84.7 Å². The van der Waals surface area contributed by atoms with Crippen LogP contribution >= 0.6 is 0 Å². The number of nitrogens with zero attached hydrogens (tertiary/aromatic N) is 2. The van der Waals surface area contributed by atoms with Crippen molar-refractivity contribution in [3.8, 4) is 0 Å². The van der Waals surface area contributed by atoms with Crippen molar-refractivity contribution in [1.29, 1.82) is 0 Å². The van der Waals surface area contributed by atoms with E-state index < -0.39 is 5.60 Å². The second-order valence-corrected chi connectivity index (χ2v) is 4.62. The minimum absolute atomic E-state index is 0.443. The summed E-state index contributed by atoms with van der Waals surface area (Å²) in [6.07, 6.45) is 6.53. The molecule has 1 saturated carbocycles. The van der Waals surface area contributed by atoms with Gasteiger partial charge in [-0.05, 0) is 31.2 Å². The fourth-order valence-corrected chi connectivity index (χ4v) is 2.43. The number of aromatic nitrogens is 2. The average Bonchev–Trinajstić information content (AvgIpc) is 2.49. The van der Waals surface area contributed by atoms with Gasteiger partial charge in [-0.3, -0.25) is 4.68 Å². The standard InChI is InChI=1S/C11H18N2O/c1-3-13-8-10(7-12-13)6-11(14)4-9(2)5-11/h7-9,14H,3-6H2,1-2H3. The van der Waals surface area contributed by atoms with Crippen molar-refractivity contribution in [2.24, 2.45) is 5.92 Å². The zero-order valence-electron chi connectivity index (χ0n) is 8.90. The van der Waals surface area contributed by atoms with Gasteiger partial charge < -0.3 is 5.11 Å². The van der Waals surface area contributed by atoms with Crippen molar-refractivity contribution in [3.63, 3.8) is 0 Å². The average molecular weight is 194 g/mol. The summed E-state index contributed by atoms with van der Waals surface area (Å²) in [5, 5.41) is 14.3. The molecule has 1 aliphatic rings. The Bertz CT molecular complexity index is 313. The molecule has 0 bridgehead atoms. The maximum atomic E-state index is 10.1. The number of rotatable bonds is 3. The van der Waals surface area contributed by atoms with Crippen molar-refractivity contribution in [3.05, 3.63) is 18.0 Å². The van der Waals surface area contributed by atoms with E-state index in [1.54, 1.807) is 0 Å². The van der Waals surface area contributed by atoms with Gasteiger partial charge in [0, 0.05) is 19.2 Å². The Morgan fingerprint density at radius 3 is 2.86 bits per heavy atom. The number of aryl methyl sites for hydroxylation is 1. The van der Waals surface area contributed by atoms with Crippen LogP contribution in [0.25, 0.3) is 0 Å². The Balaban J connectivity index is 1.97. The highest BCUT2D eigenvalue weighted by Crippen LogP contribution is 2.39. The molecular formula is C11H18N2O. The minimum Gasteiger partial charge on any atom is -0.390 e. The molecule has 3 nitrogen and oxygen atoms in total. The zero-order valence-corrected chi connectivity index (χ0v) is 8.90. The van der Waals surface area contributed by atoms with Gasteiger partial charge in [-0.25, -0.2) is 0 Å². The van der Waals surface area contributed by atoms with Gasteiger partial charge in [0.05, 0.1) is 11.8 Å². The molecule has 1 aromatic heterocycles. The van der Waals surface area contributed by atoms with Gasteiger partial charge in [0.2, 0.25) is 0 Å². The number of hydrogen-bond donors (Lipinski definition) is 1. The van der Waals surface area contributed by atoms with Crippen molar-refractivity contribution in [2.45, 2.75) is 45.3 Å². The third-order valence-corrected chi connectivity index (χ3v) is 3.00. The monoisotopic (exact) mass is 194 g/mol. The first kappa shape index (κ1) is 9.71. The summed E-state index contributed by atoms with van der Waals surface area (Å²) in [7, 11) is 0. The molecule has 0 spiro atoms. The van der Waals surface area contributed by atoms with Gasteiger partial charge in [-0.1, -0.05) is 6.92 Å². The molecule has 1 fully saturated rings. The van der Waals surface area contributed by atoms with E-state index in [9.17, 15) is 5.11 Å². The third kappa shape index (κ3) is 1.82. The first-order valence-corrected chi connectivity index (χ1v) is 5.35. The Morgan fingerprint density at radius 2 is 2.36 bits per heavy atom. The molecule has 0 atom stereocenters. The molecule has 0 saturated heterocycles. The molecule has 14 heavy (non-hydrogen) atoms. The highest BCUT2D eigenvalue weighted by atomic mass is 16.3. The largest absolute Gasteiger partial charge is 0.390 e.